The summed E-state index contributed by atoms with van der Waals surface area (Å²) < 4.78 is 5.57. The van der Waals surface area contributed by atoms with Crippen molar-refractivity contribution in [2.45, 2.75) is 25.4 Å². The Morgan fingerprint density at radius 2 is 2.15 bits per heavy atom. The number of nitrogens with one attached hydrogen (secondary N) is 1. The van der Waals surface area contributed by atoms with Crippen LogP contribution in [0, 0.1) is 0 Å². The molecule has 0 spiro atoms. The van der Waals surface area contributed by atoms with Gasteiger partial charge in [-0.15, -0.1) is 0 Å². The molecule has 1 aromatic carbocycles. The average Bonchev–Trinajstić information content (AvgIpc) is 3.18. The van der Waals surface area contributed by atoms with Crippen molar-refractivity contribution in [2.75, 3.05) is 57.9 Å². The number of aliphatic imine (C=N–C) groups is 1. The van der Waals surface area contributed by atoms with Crippen LogP contribution in [0.15, 0.2) is 29.3 Å². The predicted molar refractivity (Wildman–Crippen MR) is 116 cm³/mol. The number of morpholine rings is 1. The fourth-order valence-corrected chi connectivity index (χ4v) is 5.42. The van der Waals surface area contributed by atoms with E-state index in [1.54, 1.807) is 0 Å². The molecule has 0 aliphatic carbocycles. The molecule has 2 fully saturated rings. The summed E-state index contributed by atoms with van der Waals surface area (Å²) in [5.41, 5.74) is 1.28. The van der Waals surface area contributed by atoms with Crippen LogP contribution in [0.25, 0.3) is 0 Å². The van der Waals surface area contributed by atoms with Gasteiger partial charge in [-0.2, -0.15) is 11.8 Å². The largest absolute Gasteiger partial charge is 0.379 e. The summed E-state index contributed by atoms with van der Waals surface area (Å²) >= 11 is 8.40. The minimum Gasteiger partial charge on any atom is -0.379 e. The van der Waals surface area contributed by atoms with Gasteiger partial charge >= 0.3 is 0 Å². The summed E-state index contributed by atoms with van der Waals surface area (Å²) in [5.74, 6) is 3.32. The van der Waals surface area contributed by atoms with Crippen LogP contribution >= 0.6 is 23.4 Å². The third kappa shape index (κ3) is 5.31. The number of benzene rings is 1. The van der Waals surface area contributed by atoms with Gasteiger partial charge in [0, 0.05) is 44.0 Å². The Hall–Kier alpha value is -0.950. The number of nitrogens with zero attached hydrogens (tertiary/aromatic N) is 3. The first-order valence-corrected chi connectivity index (χ1v) is 11.3. The Balaban J connectivity index is 1.72. The van der Waals surface area contributed by atoms with Gasteiger partial charge in [-0.25, -0.2) is 0 Å². The number of halogens is 1. The minimum atomic E-state index is 0.167. The second kappa shape index (κ2) is 10.0. The first-order chi connectivity index (χ1) is 13.1. The van der Waals surface area contributed by atoms with E-state index in [0.29, 0.717) is 0 Å². The van der Waals surface area contributed by atoms with Crippen LogP contribution < -0.4 is 5.32 Å². The van der Waals surface area contributed by atoms with Crippen LogP contribution in [0.1, 0.15) is 18.9 Å². The smallest absolute Gasteiger partial charge is 0.194 e. The number of ether oxygens (including phenoxy) is 1. The van der Waals surface area contributed by atoms with Gasteiger partial charge in [-0.3, -0.25) is 9.89 Å². The van der Waals surface area contributed by atoms with E-state index in [-0.39, 0.29) is 5.54 Å². The molecule has 2 aliphatic rings. The fourth-order valence-electron chi connectivity index (χ4n) is 3.76. The molecule has 1 aromatic rings. The van der Waals surface area contributed by atoms with Gasteiger partial charge in [0.25, 0.3) is 0 Å². The van der Waals surface area contributed by atoms with Gasteiger partial charge in [0.05, 0.1) is 25.3 Å². The first-order valence-electron chi connectivity index (χ1n) is 9.78. The lowest BCUT2D eigenvalue weighted by Gasteiger charge is -2.42. The number of thioether (sulfide) groups is 1. The maximum atomic E-state index is 6.35. The molecule has 1 N–H and O–H groups in total. The SMILES string of the molecule is CCNC(=NCC1(N2CCOCC2)CCSC1)N(C)Cc1ccccc1Cl. The lowest BCUT2D eigenvalue weighted by molar-refractivity contribution is -0.0105. The van der Waals surface area contributed by atoms with Crippen LogP contribution in [0.4, 0.5) is 0 Å². The number of guanidine groups is 1. The second-order valence-electron chi connectivity index (χ2n) is 7.24. The number of rotatable bonds is 6. The van der Waals surface area contributed by atoms with E-state index in [1.165, 1.54) is 12.2 Å². The molecule has 2 heterocycles. The van der Waals surface area contributed by atoms with Gasteiger partial charge < -0.3 is 15.0 Å². The van der Waals surface area contributed by atoms with Crippen molar-refractivity contribution in [3.05, 3.63) is 34.9 Å². The Bertz CT molecular complexity index is 630. The first kappa shape index (κ1) is 20.8. The monoisotopic (exact) mass is 410 g/mol. The summed E-state index contributed by atoms with van der Waals surface area (Å²) in [6.45, 7) is 8.24. The van der Waals surface area contributed by atoms with Crippen molar-refractivity contribution >= 4 is 29.3 Å². The van der Waals surface area contributed by atoms with Gasteiger partial charge in [-0.1, -0.05) is 29.8 Å². The molecule has 0 saturated carbocycles. The second-order valence-corrected chi connectivity index (χ2v) is 8.76. The third-order valence-corrected chi connectivity index (χ3v) is 6.95. The van der Waals surface area contributed by atoms with Crippen molar-refractivity contribution < 1.29 is 4.74 Å². The predicted octanol–water partition coefficient (Wildman–Crippen LogP) is 2.95. The summed E-state index contributed by atoms with van der Waals surface area (Å²) in [6.07, 6.45) is 1.20. The zero-order valence-electron chi connectivity index (χ0n) is 16.4. The highest BCUT2D eigenvalue weighted by molar-refractivity contribution is 7.99. The highest BCUT2D eigenvalue weighted by atomic mass is 35.5. The van der Waals surface area contributed by atoms with Gasteiger partial charge in [0.2, 0.25) is 0 Å². The zero-order valence-corrected chi connectivity index (χ0v) is 18.0. The minimum absolute atomic E-state index is 0.167. The number of hydrogen-bond acceptors (Lipinski definition) is 4. The van der Waals surface area contributed by atoms with Crippen LogP contribution in [0.5, 0.6) is 0 Å². The van der Waals surface area contributed by atoms with Crippen LogP contribution in [0.3, 0.4) is 0 Å². The topological polar surface area (TPSA) is 40.1 Å². The lowest BCUT2D eigenvalue weighted by atomic mass is 9.96. The Labute approximate surface area is 172 Å². The normalized spacial score (nSPS) is 24.2. The lowest BCUT2D eigenvalue weighted by Crippen LogP contribution is -2.56. The molecule has 1 unspecified atom stereocenters. The van der Waals surface area contributed by atoms with E-state index in [9.17, 15) is 0 Å². The average molecular weight is 411 g/mol. The van der Waals surface area contributed by atoms with E-state index in [4.69, 9.17) is 21.3 Å². The van der Waals surface area contributed by atoms with Crippen molar-refractivity contribution in [1.29, 1.82) is 0 Å². The molecule has 27 heavy (non-hydrogen) atoms. The maximum Gasteiger partial charge on any atom is 0.194 e. The Morgan fingerprint density at radius 3 is 2.81 bits per heavy atom. The number of hydrogen-bond donors (Lipinski definition) is 1. The van der Waals surface area contributed by atoms with Crippen molar-refractivity contribution in [3.8, 4) is 0 Å². The van der Waals surface area contributed by atoms with E-state index in [2.05, 4.69) is 35.2 Å². The van der Waals surface area contributed by atoms with Crippen LogP contribution in [-0.2, 0) is 11.3 Å². The molecule has 0 radical (unpaired) electrons. The molecular weight excluding hydrogens is 380 g/mol. The molecule has 0 aromatic heterocycles. The molecule has 3 rings (SSSR count). The molecule has 5 nitrogen and oxygen atoms in total. The van der Waals surface area contributed by atoms with E-state index >= 15 is 0 Å². The summed E-state index contributed by atoms with van der Waals surface area (Å²) in [5, 5.41) is 4.25. The molecule has 1 atom stereocenters. The highest BCUT2D eigenvalue weighted by Crippen LogP contribution is 2.34. The summed E-state index contributed by atoms with van der Waals surface area (Å²) in [6, 6.07) is 8.01. The van der Waals surface area contributed by atoms with E-state index in [1.807, 2.05) is 30.0 Å². The molecule has 2 saturated heterocycles. The van der Waals surface area contributed by atoms with Gasteiger partial charge in [0.1, 0.15) is 0 Å². The van der Waals surface area contributed by atoms with Gasteiger partial charge in [0.15, 0.2) is 5.96 Å². The molecule has 0 amide bonds. The zero-order chi connectivity index (χ0) is 19.1. The van der Waals surface area contributed by atoms with E-state index < -0.39 is 0 Å². The Kier molecular flexibility index (Phi) is 7.70. The quantitative estimate of drug-likeness (QED) is 0.576. The third-order valence-electron chi connectivity index (χ3n) is 5.35. The maximum absolute atomic E-state index is 6.35. The molecule has 7 heteroatoms. The van der Waals surface area contributed by atoms with Crippen LogP contribution in [0.2, 0.25) is 5.02 Å². The summed E-state index contributed by atoms with van der Waals surface area (Å²) in [4.78, 5) is 9.84. The summed E-state index contributed by atoms with van der Waals surface area (Å²) in [7, 11) is 2.08. The molecule has 0 bridgehead atoms. The van der Waals surface area contributed by atoms with Crippen molar-refractivity contribution in [2.24, 2.45) is 4.99 Å². The highest BCUT2D eigenvalue weighted by Gasteiger charge is 2.40. The standard InChI is InChI=1S/C20H31ClN4OS/c1-3-22-19(24(2)14-17-6-4-5-7-18(17)21)23-15-20(8-13-27-16-20)25-9-11-26-12-10-25/h4-7H,3,8-16H2,1-2H3,(H,22,23). The Morgan fingerprint density at radius 1 is 1.37 bits per heavy atom. The van der Waals surface area contributed by atoms with E-state index in [0.717, 1.165) is 68.2 Å². The molecule has 150 valence electrons. The molecule has 2 aliphatic heterocycles. The van der Waals surface area contributed by atoms with Crippen LogP contribution in [-0.4, -0.2) is 79.2 Å². The van der Waals surface area contributed by atoms with Crippen molar-refractivity contribution in [3.63, 3.8) is 0 Å². The molecular formula is C20H31ClN4OS. The van der Waals surface area contributed by atoms with Crippen molar-refractivity contribution in [1.82, 2.24) is 15.1 Å². The fraction of sp³-hybridized carbons (Fsp3) is 0.650. The van der Waals surface area contributed by atoms with Gasteiger partial charge in [-0.05, 0) is 30.7 Å².